The van der Waals surface area contributed by atoms with Gasteiger partial charge < -0.3 is 14.2 Å². The molecule has 2 aromatic rings. The molecule has 0 saturated heterocycles. The molecule has 2 rings (SSSR count). The van der Waals surface area contributed by atoms with Crippen molar-refractivity contribution in [1.82, 2.24) is 18.4 Å². The van der Waals surface area contributed by atoms with Crippen LogP contribution in [0.25, 0.3) is 0 Å². The zero-order valence-electron chi connectivity index (χ0n) is 11.9. The van der Waals surface area contributed by atoms with E-state index in [-0.39, 0.29) is 17.1 Å². The summed E-state index contributed by atoms with van der Waals surface area (Å²) in [5, 5.41) is 8.98. The number of hydrogen-bond acceptors (Lipinski definition) is 4. The summed E-state index contributed by atoms with van der Waals surface area (Å²) in [7, 11) is 0.916. The molecule has 21 heavy (non-hydrogen) atoms. The molecule has 0 radical (unpaired) electrons. The van der Waals surface area contributed by atoms with Crippen molar-refractivity contribution >= 4 is 16.0 Å². The number of aromatic nitrogens is 3. The lowest BCUT2D eigenvalue weighted by atomic mass is 10.4. The van der Waals surface area contributed by atoms with E-state index in [0.717, 1.165) is 10.4 Å². The van der Waals surface area contributed by atoms with Crippen LogP contribution in [-0.4, -0.2) is 45.0 Å². The standard InChI is InChI=1S/C12H16N4O4S/c1-14-5-4-13-11(14)8-16(3)21(19,20)9-6-10(12(17)18)15(2)7-9/h4-7H,8H2,1-3H3,(H,17,18). The first-order valence-electron chi connectivity index (χ1n) is 6.05. The Bertz CT molecular complexity index is 775. The summed E-state index contributed by atoms with van der Waals surface area (Å²) in [5.74, 6) is -0.582. The number of imidazole rings is 1. The van der Waals surface area contributed by atoms with E-state index in [4.69, 9.17) is 5.11 Å². The van der Waals surface area contributed by atoms with Gasteiger partial charge in [-0.2, -0.15) is 4.31 Å². The molecule has 0 unspecified atom stereocenters. The molecule has 0 aliphatic rings. The summed E-state index contributed by atoms with van der Waals surface area (Å²) in [4.78, 5) is 15.0. The Balaban J connectivity index is 2.31. The van der Waals surface area contributed by atoms with E-state index < -0.39 is 16.0 Å². The highest BCUT2D eigenvalue weighted by Crippen LogP contribution is 2.19. The number of aryl methyl sites for hydroxylation is 2. The third kappa shape index (κ3) is 2.83. The fraction of sp³-hybridized carbons (Fsp3) is 0.333. The Hall–Kier alpha value is -2.13. The molecule has 8 nitrogen and oxygen atoms in total. The number of carbonyl (C=O) groups is 1. The predicted octanol–water partition coefficient (Wildman–Crippen LogP) is 0.277. The number of hydrogen-bond donors (Lipinski definition) is 1. The minimum atomic E-state index is -3.77. The third-order valence-electron chi connectivity index (χ3n) is 3.19. The Kier molecular flexibility index (Phi) is 3.88. The Morgan fingerprint density at radius 2 is 2.05 bits per heavy atom. The number of sulfonamides is 1. The van der Waals surface area contributed by atoms with Crippen LogP contribution in [0.1, 0.15) is 16.3 Å². The molecule has 2 aromatic heterocycles. The maximum absolute atomic E-state index is 12.4. The zero-order valence-corrected chi connectivity index (χ0v) is 12.7. The van der Waals surface area contributed by atoms with Crippen molar-refractivity contribution < 1.29 is 18.3 Å². The number of carboxylic acid groups (broad SMARTS) is 1. The highest BCUT2D eigenvalue weighted by atomic mass is 32.2. The monoisotopic (exact) mass is 312 g/mol. The second kappa shape index (κ2) is 5.34. The second-order valence-electron chi connectivity index (χ2n) is 4.69. The van der Waals surface area contributed by atoms with E-state index >= 15 is 0 Å². The summed E-state index contributed by atoms with van der Waals surface area (Å²) in [6.45, 7) is 0.100. The van der Waals surface area contributed by atoms with Gasteiger partial charge in [0.25, 0.3) is 0 Å². The van der Waals surface area contributed by atoms with E-state index in [1.54, 1.807) is 24.0 Å². The van der Waals surface area contributed by atoms with Gasteiger partial charge in [-0.1, -0.05) is 0 Å². The molecule has 1 N–H and O–H groups in total. The maximum atomic E-state index is 12.4. The zero-order chi connectivity index (χ0) is 15.8. The summed E-state index contributed by atoms with van der Waals surface area (Å²) in [6.07, 6.45) is 4.59. The van der Waals surface area contributed by atoms with Gasteiger partial charge in [0.2, 0.25) is 10.0 Å². The summed E-state index contributed by atoms with van der Waals surface area (Å²) in [6, 6.07) is 1.15. The summed E-state index contributed by atoms with van der Waals surface area (Å²) < 4.78 is 29.0. The Morgan fingerprint density at radius 1 is 1.38 bits per heavy atom. The first kappa shape index (κ1) is 15.3. The summed E-state index contributed by atoms with van der Waals surface area (Å²) in [5.41, 5.74) is -0.0843. The minimum absolute atomic E-state index is 0.0564. The van der Waals surface area contributed by atoms with Gasteiger partial charge in [-0.3, -0.25) is 0 Å². The van der Waals surface area contributed by atoms with Crippen LogP contribution in [0.4, 0.5) is 0 Å². The van der Waals surface area contributed by atoms with Crippen molar-refractivity contribution in [3.05, 3.63) is 36.2 Å². The van der Waals surface area contributed by atoms with Gasteiger partial charge in [0, 0.05) is 39.7 Å². The fourth-order valence-corrected chi connectivity index (χ4v) is 3.10. The van der Waals surface area contributed by atoms with Crippen molar-refractivity contribution in [2.24, 2.45) is 14.1 Å². The van der Waals surface area contributed by atoms with Crippen molar-refractivity contribution in [2.45, 2.75) is 11.4 Å². The minimum Gasteiger partial charge on any atom is -0.477 e. The lowest BCUT2D eigenvalue weighted by Crippen LogP contribution is -2.27. The smallest absolute Gasteiger partial charge is 0.352 e. The number of aromatic carboxylic acids is 1. The fourth-order valence-electron chi connectivity index (χ4n) is 1.90. The average molecular weight is 312 g/mol. The quantitative estimate of drug-likeness (QED) is 0.855. The Labute approximate surface area is 122 Å². The van der Waals surface area contributed by atoms with Crippen LogP contribution in [0.5, 0.6) is 0 Å². The topological polar surface area (TPSA) is 97.4 Å². The van der Waals surface area contributed by atoms with Crippen LogP contribution in [0.2, 0.25) is 0 Å². The Morgan fingerprint density at radius 3 is 2.52 bits per heavy atom. The van der Waals surface area contributed by atoms with E-state index in [0.29, 0.717) is 5.82 Å². The lowest BCUT2D eigenvalue weighted by Gasteiger charge is -2.15. The highest BCUT2D eigenvalue weighted by molar-refractivity contribution is 7.89. The molecular weight excluding hydrogens is 296 g/mol. The SMILES string of the molecule is CN(Cc1nccn1C)S(=O)(=O)c1cc(C(=O)O)n(C)c1. The van der Waals surface area contributed by atoms with Crippen molar-refractivity contribution in [1.29, 1.82) is 0 Å². The largest absolute Gasteiger partial charge is 0.477 e. The number of nitrogens with zero attached hydrogens (tertiary/aromatic N) is 4. The van der Waals surface area contributed by atoms with Gasteiger partial charge in [0.15, 0.2) is 0 Å². The van der Waals surface area contributed by atoms with Crippen LogP contribution >= 0.6 is 0 Å². The summed E-state index contributed by atoms with van der Waals surface area (Å²) >= 11 is 0. The molecule has 114 valence electrons. The third-order valence-corrected chi connectivity index (χ3v) is 4.96. The molecular formula is C12H16N4O4S. The number of rotatable bonds is 5. The molecule has 9 heteroatoms. The van der Waals surface area contributed by atoms with Crippen molar-refractivity contribution in [3.8, 4) is 0 Å². The maximum Gasteiger partial charge on any atom is 0.352 e. The van der Waals surface area contributed by atoms with E-state index in [1.165, 1.54) is 24.9 Å². The number of carboxylic acids is 1. The molecule has 0 aromatic carbocycles. The average Bonchev–Trinajstić information content (AvgIpc) is 2.96. The van der Waals surface area contributed by atoms with Gasteiger partial charge in [-0.15, -0.1) is 0 Å². The van der Waals surface area contributed by atoms with Crippen LogP contribution in [0, 0.1) is 0 Å². The molecule has 0 spiro atoms. The molecule has 0 bridgehead atoms. The normalized spacial score (nSPS) is 12.0. The van der Waals surface area contributed by atoms with Crippen LogP contribution in [-0.2, 0) is 30.7 Å². The van der Waals surface area contributed by atoms with Gasteiger partial charge >= 0.3 is 5.97 Å². The van der Waals surface area contributed by atoms with E-state index in [1.807, 2.05) is 0 Å². The van der Waals surface area contributed by atoms with E-state index in [2.05, 4.69) is 4.98 Å². The molecule has 0 aliphatic heterocycles. The highest BCUT2D eigenvalue weighted by Gasteiger charge is 2.25. The van der Waals surface area contributed by atoms with Gasteiger partial charge in [0.1, 0.15) is 16.4 Å². The molecule has 0 saturated carbocycles. The predicted molar refractivity (Wildman–Crippen MR) is 74.2 cm³/mol. The first-order chi connectivity index (χ1) is 9.73. The van der Waals surface area contributed by atoms with Gasteiger partial charge in [-0.05, 0) is 6.07 Å². The first-order valence-corrected chi connectivity index (χ1v) is 7.49. The van der Waals surface area contributed by atoms with Crippen molar-refractivity contribution in [3.63, 3.8) is 0 Å². The lowest BCUT2D eigenvalue weighted by molar-refractivity contribution is 0.0686. The molecule has 0 amide bonds. The van der Waals surface area contributed by atoms with Gasteiger partial charge in [-0.25, -0.2) is 18.2 Å². The van der Waals surface area contributed by atoms with Crippen LogP contribution < -0.4 is 0 Å². The van der Waals surface area contributed by atoms with Gasteiger partial charge in [0.05, 0.1) is 6.54 Å². The second-order valence-corrected chi connectivity index (χ2v) is 6.74. The molecule has 0 aliphatic carbocycles. The molecule has 0 atom stereocenters. The van der Waals surface area contributed by atoms with Crippen LogP contribution in [0.15, 0.2) is 29.6 Å². The molecule has 0 fully saturated rings. The molecule has 2 heterocycles. The van der Waals surface area contributed by atoms with Crippen LogP contribution in [0.3, 0.4) is 0 Å². The van der Waals surface area contributed by atoms with E-state index in [9.17, 15) is 13.2 Å². The van der Waals surface area contributed by atoms with Crippen molar-refractivity contribution in [2.75, 3.05) is 7.05 Å².